The molecule has 1 aromatic carbocycles. The Bertz CT molecular complexity index is 1790. The van der Waals surface area contributed by atoms with Gasteiger partial charge in [-0.3, -0.25) is 19.1 Å². The highest BCUT2D eigenvalue weighted by Gasteiger charge is 2.58. The van der Waals surface area contributed by atoms with Crippen molar-refractivity contribution in [1.82, 2.24) is 20.7 Å². The summed E-state index contributed by atoms with van der Waals surface area (Å²) >= 11 is 0.969. The normalized spacial score (nSPS) is 24.0. The Labute approximate surface area is 285 Å². The number of amidine groups is 1. The molecule has 8 N–H and O–H groups in total. The zero-order valence-electron chi connectivity index (χ0n) is 26.9. The van der Waals surface area contributed by atoms with Crippen LogP contribution in [-0.4, -0.2) is 99.9 Å². The van der Waals surface area contributed by atoms with Gasteiger partial charge in [-0.2, -0.15) is 13.5 Å². The number of fused-ring (bicyclic) bond motifs is 1. The van der Waals surface area contributed by atoms with Gasteiger partial charge >= 0.3 is 16.4 Å². The van der Waals surface area contributed by atoms with Crippen molar-refractivity contribution in [3.05, 3.63) is 40.4 Å². The zero-order valence-corrected chi connectivity index (χ0v) is 28.5. The van der Waals surface area contributed by atoms with Crippen LogP contribution >= 0.6 is 11.3 Å². The Kier molecular flexibility index (Phi) is 10.2. The highest BCUT2D eigenvalue weighted by atomic mass is 32.3. The van der Waals surface area contributed by atoms with Crippen LogP contribution in [0.15, 0.2) is 33.7 Å². The van der Waals surface area contributed by atoms with E-state index in [1.807, 2.05) is 6.07 Å². The molecule has 18 nitrogen and oxygen atoms in total. The van der Waals surface area contributed by atoms with Gasteiger partial charge in [0.2, 0.25) is 0 Å². The van der Waals surface area contributed by atoms with Crippen molar-refractivity contribution in [3.8, 4) is 5.75 Å². The second-order valence-electron chi connectivity index (χ2n) is 12.5. The van der Waals surface area contributed by atoms with Gasteiger partial charge < -0.3 is 36.8 Å². The van der Waals surface area contributed by atoms with Gasteiger partial charge in [-0.25, -0.2) is 9.78 Å². The van der Waals surface area contributed by atoms with Crippen LogP contribution in [0.1, 0.15) is 63.3 Å². The number of carboxylic acids is 1. The molecule has 1 aromatic heterocycles. The van der Waals surface area contributed by atoms with E-state index in [-0.39, 0.29) is 23.3 Å². The lowest BCUT2D eigenvalue weighted by Gasteiger charge is -2.50. The average Bonchev–Trinajstić information content (AvgIpc) is 3.30. The van der Waals surface area contributed by atoms with E-state index in [1.165, 1.54) is 26.2 Å². The fourth-order valence-corrected chi connectivity index (χ4v) is 6.73. The number of nitrogen functional groups attached to an aromatic ring is 1. The largest absolute Gasteiger partial charge is 0.485 e. The van der Waals surface area contributed by atoms with Crippen molar-refractivity contribution in [2.24, 2.45) is 15.9 Å². The molecule has 0 bridgehead atoms. The first-order valence-electron chi connectivity index (χ1n) is 15.4. The maximum absolute atomic E-state index is 13.5. The van der Waals surface area contributed by atoms with E-state index in [2.05, 4.69) is 25.1 Å². The number of nitrogens with zero attached hydrogens (tertiary/aromatic N) is 4. The number of aliphatic carboxylic acids is 1. The van der Waals surface area contributed by atoms with Crippen molar-refractivity contribution >= 4 is 56.2 Å². The summed E-state index contributed by atoms with van der Waals surface area (Å²) in [6, 6.07) is 4.12. The van der Waals surface area contributed by atoms with Gasteiger partial charge in [0.05, 0.1) is 11.6 Å². The molecule has 2 saturated heterocycles. The third-order valence-electron chi connectivity index (χ3n) is 8.63. The number of anilines is 1. The van der Waals surface area contributed by atoms with E-state index in [9.17, 15) is 27.9 Å². The van der Waals surface area contributed by atoms with Crippen molar-refractivity contribution in [2.75, 3.05) is 18.8 Å². The van der Waals surface area contributed by atoms with Crippen LogP contribution in [0.5, 0.6) is 5.75 Å². The minimum Gasteiger partial charge on any atom is -0.485 e. The summed E-state index contributed by atoms with van der Waals surface area (Å²) < 4.78 is 41.8. The number of β-lactam (4-membered cyclic amide) rings is 1. The number of carbonyl (C=O) groups excluding carboxylic acids is 2. The number of nitrogens with two attached hydrogens (primary N) is 2. The van der Waals surface area contributed by atoms with Gasteiger partial charge in [0.15, 0.2) is 16.9 Å². The minimum absolute atomic E-state index is 0.0628. The molecule has 0 saturated carbocycles. The van der Waals surface area contributed by atoms with E-state index in [0.717, 1.165) is 54.8 Å². The number of nitrogens with one attached hydrogen (secondary N) is 2. The Morgan fingerprint density at radius 3 is 2.67 bits per heavy atom. The number of amides is 2. The molecular weight excluding hydrogens is 684 g/mol. The third-order valence-corrected chi connectivity index (χ3v) is 9.65. The number of aryl methyl sites for hydroxylation is 1. The number of aromatic nitrogens is 1. The van der Waals surface area contributed by atoms with Gasteiger partial charge in [0.25, 0.3) is 17.4 Å². The molecule has 3 aliphatic heterocycles. The number of aliphatic imine (C=N–C) groups is 1. The fourth-order valence-electron chi connectivity index (χ4n) is 5.73. The predicted octanol–water partition coefficient (Wildman–Crippen LogP) is 0.371. The molecule has 0 spiro atoms. The SMILES string of the molecule is CC(ON=C(C(=O)NC1C(=O)N(OS(=O)(=O)O)C1(C)C)c1csc(N)n1)(C(=O)O)C1CCc2cc(C(N)=NC3CCCNCC3)ccc2O1. The summed E-state index contributed by atoms with van der Waals surface area (Å²) in [5.41, 5.74) is 9.53. The Hall–Kier alpha value is -4.37. The molecule has 2 aromatic rings. The topological polar surface area (TPSA) is 270 Å². The number of hydrogen-bond acceptors (Lipinski definition) is 14. The molecule has 266 valence electrons. The molecular formula is C29H38N8O10S2. The van der Waals surface area contributed by atoms with Crippen LogP contribution in [0.25, 0.3) is 0 Å². The van der Waals surface area contributed by atoms with Gasteiger partial charge in [-0.15, -0.1) is 15.6 Å². The first kappa shape index (κ1) is 35.9. The molecule has 2 fully saturated rings. The van der Waals surface area contributed by atoms with E-state index in [0.29, 0.717) is 23.1 Å². The van der Waals surface area contributed by atoms with Gasteiger partial charge in [0, 0.05) is 10.9 Å². The molecule has 20 heteroatoms. The fraction of sp³-hybridized carbons (Fsp3) is 0.517. The van der Waals surface area contributed by atoms with Crippen molar-refractivity contribution < 1.29 is 46.3 Å². The number of carbonyl (C=O) groups is 3. The standard InChI is InChI=1S/C29H38N8O10S2/c1-28(2)22(25(39)37(28)47-49(42,43)44)35-24(38)21(18-14-48-27(31)34-18)36-46-29(3,26(40)41)20-9-7-15-13-16(6-8-19(15)45-20)23(30)33-17-5-4-11-32-12-10-17/h6,8,13-14,17,20,22,32H,4-5,7,9-12H2,1-3H3,(H2,30,33)(H2,31,34)(H,35,38)(H,40,41)(H,42,43,44). The number of hydrogen-bond donors (Lipinski definition) is 6. The molecule has 2 amide bonds. The second kappa shape index (κ2) is 13.9. The third kappa shape index (κ3) is 7.77. The highest BCUT2D eigenvalue weighted by molar-refractivity contribution is 7.80. The number of rotatable bonds is 11. The Balaban J connectivity index is 1.34. The molecule has 3 aliphatic rings. The number of carboxylic acid groups (broad SMARTS) is 1. The van der Waals surface area contributed by atoms with Gasteiger partial charge in [-0.1, -0.05) is 5.16 Å². The molecule has 4 heterocycles. The molecule has 0 aliphatic carbocycles. The number of oxime groups is 1. The predicted molar refractivity (Wildman–Crippen MR) is 176 cm³/mol. The maximum atomic E-state index is 13.5. The summed E-state index contributed by atoms with van der Waals surface area (Å²) in [5.74, 6) is -2.58. The van der Waals surface area contributed by atoms with E-state index >= 15 is 0 Å². The Morgan fingerprint density at radius 1 is 1.27 bits per heavy atom. The monoisotopic (exact) mass is 722 g/mol. The lowest BCUT2D eigenvalue weighted by molar-refractivity contribution is -0.218. The molecule has 5 rings (SSSR count). The van der Waals surface area contributed by atoms with Crippen LogP contribution in [0.4, 0.5) is 5.13 Å². The average molecular weight is 723 g/mol. The minimum atomic E-state index is -5.03. The molecule has 0 radical (unpaired) electrons. The number of thiazole rings is 1. The van der Waals surface area contributed by atoms with Gasteiger partial charge in [-0.05, 0) is 89.7 Å². The van der Waals surface area contributed by atoms with Crippen molar-refractivity contribution in [2.45, 2.75) is 82.2 Å². The number of benzene rings is 1. The van der Waals surface area contributed by atoms with Crippen LogP contribution in [0.2, 0.25) is 0 Å². The van der Waals surface area contributed by atoms with Crippen molar-refractivity contribution in [1.29, 1.82) is 0 Å². The smallest absolute Gasteiger partial charge is 0.418 e. The summed E-state index contributed by atoms with van der Waals surface area (Å²) in [5, 5.41) is 21.8. The van der Waals surface area contributed by atoms with Crippen LogP contribution in [0, 0.1) is 0 Å². The lowest BCUT2D eigenvalue weighted by Crippen LogP contribution is -2.76. The van der Waals surface area contributed by atoms with Crippen LogP contribution < -0.4 is 26.8 Å². The summed E-state index contributed by atoms with van der Waals surface area (Å²) in [7, 11) is -5.03. The number of ether oxygens (including phenoxy) is 1. The number of hydroxylamine groups is 2. The maximum Gasteiger partial charge on any atom is 0.418 e. The Morgan fingerprint density at radius 2 is 2.02 bits per heavy atom. The van der Waals surface area contributed by atoms with E-state index in [4.69, 9.17) is 30.6 Å². The molecule has 4 atom stereocenters. The van der Waals surface area contributed by atoms with Crippen molar-refractivity contribution in [3.63, 3.8) is 0 Å². The van der Waals surface area contributed by atoms with Crippen LogP contribution in [0.3, 0.4) is 0 Å². The second-order valence-corrected chi connectivity index (χ2v) is 14.4. The van der Waals surface area contributed by atoms with E-state index < -0.39 is 57.2 Å². The molecule has 4 unspecified atom stereocenters. The van der Waals surface area contributed by atoms with E-state index in [1.54, 1.807) is 12.1 Å². The van der Waals surface area contributed by atoms with Crippen LogP contribution in [-0.2, 0) is 40.3 Å². The quantitative estimate of drug-likeness (QED) is 0.0602. The summed E-state index contributed by atoms with van der Waals surface area (Å²) in [6.45, 7) is 5.84. The molecule has 49 heavy (non-hydrogen) atoms. The summed E-state index contributed by atoms with van der Waals surface area (Å²) in [4.78, 5) is 53.1. The van der Waals surface area contributed by atoms with Gasteiger partial charge in [0.1, 0.15) is 23.3 Å². The lowest BCUT2D eigenvalue weighted by atomic mass is 9.84. The highest BCUT2D eigenvalue weighted by Crippen LogP contribution is 2.35. The first-order chi connectivity index (χ1) is 23.0. The zero-order chi connectivity index (χ0) is 35.7. The summed E-state index contributed by atoms with van der Waals surface area (Å²) in [6.07, 6.45) is 2.43. The first-order valence-corrected chi connectivity index (χ1v) is 17.6.